The zero-order valence-corrected chi connectivity index (χ0v) is 17.2. The first-order chi connectivity index (χ1) is 13.8. The fourth-order valence-corrected chi connectivity index (χ4v) is 4.20. The standard InChI is InChI=1S/C23H29N3O3/c1-14-9-15(2)21(27)18(10-14)12-25-23(29)16(3)26-13-19(11-20(26)22(24)28)17-7-5-4-6-8-17/h4-10,16,19-20,27H,11-13H2,1-3H3,(H2,24,28)(H,25,29)/t16-,19?,20?/m0/s1. The van der Waals surface area contributed by atoms with Crippen LogP contribution in [0.4, 0.5) is 0 Å². The number of primary amides is 1. The van der Waals surface area contributed by atoms with Crippen molar-refractivity contribution in [3.63, 3.8) is 0 Å². The minimum absolute atomic E-state index is 0.160. The molecule has 6 nitrogen and oxygen atoms in total. The summed E-state index contributed by atoms with van der Waals surface area (Å²) in [5.74, 6) is -0.241. The molecule has 1 aliphatic heterocycles. The zero-order valence-electron chi connectivity index (χ0n) is 17.2. The number of nitrogens with two attached hydrogens (primary N) is 1. The number of benzene rings is 2. The molecule has 0 aliphatic carbocycles. The lowest BCUT2D eigenvalue weighted by atomic mass is 9.96. The molecule has 0 saturated carbocycles. The third kappa shape index (κ3) is 4.59. The van der Waals surface area contributed by atoms with Crippen LogP contribution in [0.3, 0.4) is 0 Å². The summed E-state index contributed by atoms with van der Waals surface area (Å²) in [4.78, 5) is 26.7. The lowest BCUT2D eigenvalue weighted by Crippen LogP contribution is -2.51. The van der Waals surface area contributed by atoms with Crippen molar-refractivity contribution < 1.29 is 14.7 Å². The molecule has 1 heterocycles. The lowest BCUT2D eigenvalue weighted by Gasteiger charge is -2.28. The number of aromatic hydroxyl groups is 1. The van der Waals surface area contributed by atoms with Gasteiger partial charge >= 0.3 is 0 Å². The number of phenolic OH excluding ortho intramolecular Hbond substituents is 1. The van der Waals surface area contributed by atoms with Gasteiger partial charge in [-0.2, -0.15) is 0 Å². The molecule has 29 heavy (non-hydrogen) atoms. The van der Waals surface area contributed by atoms with Crippen molar-refractivity contribution in [1.82, 2.24) is 10.2 Å². The van der Waals surface area contributed by atoms with Crippen LogP contribution in [0.2, 0.25) is 0 Å². The van der Waals surface area contributed by atoms with E-state index in [-0.39, 0.29) is 24.1 Å². The molecule has 2 unspecified atom stereocenters. The Kier molecular flexibility index (Phi) is 6.23. The molecule has 2 aromatic carbocycles. The number of rotatable bonds is 6. The van der Waals surface area contributed by atoms with E-state index in [0.717, 1.165) is 16.7 Å². The number of nitrogens with one attached hydrogen (secondary N) is 1. The summed E-state index contributed by atoms with van der Waals surface area (Å²) in [6.45, 7) is 6.41. The maximum atomic E-state index is 12.8. The average molecular weight is 396 g/mol. The first-order valence-corrected chi connectivity index (χ1v) is 9.94. The van der Waals surface area contributed by atoms with Crippen LogP contribution in [0.5, 0.6) is 5.75 Å². The third-order valence-electron chi connectivity index (χ3n) is 5.79. The quantitative estimate of drug-likeness (QED) is 0.700. The molecular weight excluding hydrogens is 366 g/mol. The highest BCUT2D eigenvalue weighted by atomic mass is 16.3. The first-order valence-electron chi connectivity index (χ1n) is 9.94. The van der Waals surface area contributed by atoms with Crippen LogP contribution < -0.4 is 11.1 Å². The predicted molar refractivity (Wildman–Crippen MR) is 112 cm³/mol. The molecule has 0 bridgehead atoms. The molecule has 2 amide bonds. The minimum atomic E-state index is -0.505. The second kappa shape index (κ2) is 8.66. The zero-order chi connectivity index (χ0) is 21.1. The van der Waals surface area contributed by atoms with E-state index in [0.29, 0.717) is 18.5 Å². The van der Waals surface area contributed by atoms with Crippen LogP contribution in [0.15, 0.2) is 42.5 Å². The van der Waals surface area contributed by atoms with Crippen molar-refractivity contribution in [2.24, 2.45) is 5.73 Å². The summed E-state index contributed by atoms with van der Waals surface area (Å²) >= 11 is 0. The number of likely N-dealkylation sites (tertiary alicyclic amines) is 1. The molecule has 1 aliphatic rings. The summed E-state index contributed by atoms with van der Waals surface area (Å²) in [6, 6.07) is 12.8. The summed E-state index contributed by atoms with van der Waals surface area (Å²) in [6.07, 6.45) is 0.606. The Morgan fingerprint density at radius 2 is 1.93 bits per heavy atom. The Labute approximate surface area is 171 Å². The van der Waals surface area contributed by atoms with E-state index in [2.05, 4.69) is 5.32 Å². The number of carbonyl (C=O) groups excluding carboxylic acids is 2. The van der Waals surface area contributed by atoms with E-state index < -0.39 is 18.0 Å². The molecule has 0 radical (unpaired) electrons. The van der Waals surface area contributed by atoms with Crippen LogP contribution >= 0.6 is 0 Å². The highest BCUT2D eigenvalue weighted by Gasteiger charge is 2.40. The molecule has 3 atom stereocenters. The number of hydrogen-bond acceptors (Lipinski definition) is 4. The Hall–Kier alpha value is -2.86. The van der Waals surface area contributed by atoms with Crippen molar-refractivity contribution in [2.45, 2.75) is 51.7 Å². The smallest absolute Gasteiger partial charge is 0.237 e. The van der Waals surface area contributed by atoms with Crippen molar-refractivity contribution in [3.8, 4) is 5.75 Å². The van der Waals surface area contributed by atoms with Gasteiger partial charge in [0.15, 0.2) is 0 Å². The SMILES string of the molecule is Cc1cc(C)c(O)c(CNC(=O)[C@H](C)N2CC(c3ccccc3)CC2C(N)=O)c1. The number of aryl methyl sites for hydroxylation is 2. The molecule has 0 spiro atoms. The topological polar surface area (TPSA) is 95.7 Å². The number of hydrogen-bond donors (Lipinski definition) is 3. The summed E-state index contributed by atoms with van der Waals surface area (Å²) in [5.41, 5.74) is 9.27. The molecule has 6 heteroatoms. The van der Waals surface area contributed by atoms with Gasteiger partial charge in [0.05, 0.1) is 12.1 Å². The van der Waals surface area contributed by atoms with Crippen molar-refractivity contribution in [1.29, 1.82) is 0 Å². The van der Waals surface area contributed by atoms with E-state index in [9.17, 15) is 14.7 Å². The van der Waals surface area contributed by atoms with Gasteiger partial charge in [-0.25, -0.2) is 0 Å². The van der Waals surface area contributed by atoms with Gasteiger partial charge in [0.2, 0.25) is 11.8 Å². The van der Waals surface area contributed by atoms with Crippen LogP contribution in [-0.2, 0) is 16.1 Å². The van der Waals surface area contributed by atoms with Gasteiger partial charge in [-0.05, 0) is 44.2 Å². The fraction of sp³-hybridized carbons (Fsp3) is 0.391. The van der Waals surface area contributed by atoms with Gasteiger partial charge < -0.3 is 16.2 Å². The second-order valence-electron chi connectivity index (χ2n) is 7.94. The van der Waals surface area contributed by atoms with Crippen LogP contribution in [0, 0.1) is 13.8 Å². The summed E-state index contributed by atoms with van der Waals surface area (Å²) in [5, 5.41) is 13.1. The highest BCUT2D eigenvalue weighted by molar-refractivity contribution is 5.84. The molecule has 1 saturated heterocycles. The van der Waals surface area contributed by atoms with Crippen molar-refractivity contribution in [3.05, 3.63) is 64.7 Å². The van der Waals surface area contributed by atoms with E-state index >= 15 is 0 Å². The van der Waals surface area contributed by atoms with Crippen LogP contribution in [0.1, 0.15) is 41.5 Å². The molecule has 1 fully saturated rings. The molecular formula is C23H29N3O3. The minimum Gasteiger partial charge on any atom is -0.507 e. The van der Waals surface area contributed by atoms with Gasteiger partial charge in [-0.1, -0.05) is 48.0 Å². The average Bonchev–Trinajstić information content (AvgIpc) is 3.15. The maximum Gasteiger partial charge on any atom is 0.237 e. The van der Waals surface area contributed by atoms with Gasteiger partial charge in [0.1, 0.15) is 5.75 Å². The molecule has 3 rings (SSSR count). The number of phenols is 1. The lowest BCUT2D eigenvalue weighted by molar-refractivity contribution is -0.129. The van der Waals surface area contributed by atoms with Gasteiger partial charge in [0, 0.05) is 18.7 Å². The second-order valence-corrected chi connectivity index (χ2v) is 7.94. The Balaban J connectivity index is 1.70. The first kappa shape index (κ1) is 20.9. The van der Waals surface area contributed by atoms with E-state index in [1.54, 1.807) is 6.92 Å². The van der Waals surface area contributed by atoms with Gasteiger partial charge in [0.25, 0.3) is 0 Å². The molecule has 4 N–H and O–H groups in total. The normalized spacial score (nSPS) is 20.4. The summed E-state index contributed by atoms with van der Waals surface area (Å²) in [7, 11) is 0. The van der Waals surface area contributed by atoms with Gasteiger partial charge in [-0.3, -0.25) is 14.5 Å². The highest BCUT2D eigenvalue weighted by Crippen LogP contribution is 2.33. The largest absolute Gasteiger partial charge is 0.507 e. The predicted octanol–water partition coefficient (Wildman–Crippen LogP) is 2.36. The van der Waals surface area contributed by atoms with Crippen molar-refractivity contribution >= 4 is 11.8 Å². The Morgan fingerprint density at radius 1 is 1.24 bits per heavy atom. The number of nitrogens with zero attached hydrogens (tertiary/aromatic N) is 1. The fourth-order valence-electron chi connectivity index (χ4n) is 4.20. The van der Waals surface area contributed by atoms with Crippen molar-refractivity contribution in [2.75, 3.05) is 6.54 Å². The molecule has 154 valence electrons. The Morgan fingerprint density at radius 3 is 2.59 bits per heavy atom. The number of carbonyl (C=O) groups is 2. The van der Waals surface area contributed by atoms with Crippen LogP contribution in [-0.4, -0.2) is 40.4 Å². The van der Waals surface area contributed by atoms with Gasteiger partial charge in [-0.15, -0.1) is 0 Å². The molecule has 2 aromatic rings. The monoisotopic (exact) mass is 395 g/mol. The van der Waals surface area contributed by atoms with Crippen LogP contribution in [0.25, 0.3) is 0 Å². The third-order valence-corrected chi connectivity index (χ3v) is 5.79. The van der Waals surface area contributed by atoms with E-state index in [4.69, 9.17) is 5.73 Å². The molecule has 0 aromatic heterocycles. The number of amides is 2. The Bertz CT molecular complexity index is 898. The summed E-state index contributed by atoms with van der Waals surface area (Å²) < 4.78 is 0. The van der Waals surface area contributed by atoms with E-state index in [1.807, 2.05) is 61.2 Å². The van der Waals surface area contributed by atoms with E-state index in [1.165, 1.54) is 0 Å². The maximum absolute atomic E-state index is 12.8.